The van der Waals surface area contributed by atoms with Gasteiger partial charge in [-0.05, 0) is 32.6 Å². The molecule has 2 rings (SSSR count). The zero-order chi connectivity index (χ0) is 14.8. The van der Waals surface area contributed by atoms with E-state index in [1.165, 1.54) is 25.7 Å². The molecule has 1 aliphatic carbocycles. The van der Waals surface area contributed by atoms with Crippen LogP contribution in [-0.4, -0.2) is 60.5 Å². The summed E-state index contributed by atoms with van der Waals surface area (Å²) >= 11 is 0. The van der Waals surface area contributed by atoms with Crippen LogP contribution in [0, 0.1) is 5.92 Å². The van der Waals surface area contributed by atoms with Crippen molar-refractivity contribution in [3.63, 3.8) is 0 Å². The second-order valence-electron chi connectivity index (χ2n) is 7.14. The Morgan fingerprint density at radius 3 is 2.50 bits per heavy atom. The van der Waals surface area contributed by atoms with E-state index in [1.807, 2.05) is 11.9 Å². The Kier molecular flexibility index (Phi) is 5.08. The molecule has 2 aliphatic rings. The van der Waals surface area contributed by atoms with E-state index in [2.05, 4.69) is 31.0 Å². The number of nitrogens with one attached hydrogen (secondary N) is 1. The molecule has 2 unspecified atom stereocenters. The Labute approximate surface area is 123 Å². The molecule has 1 N–H and O–H groups in total. The third kappa shape index (κ3) is 3.34. The SMILES string of the molecule is CC1CCCC(N(C)C(=O)C(C)(C)N2CCNCC2)C1. The average molecular weight is 281 g/mol. The van der Waals surface area contributed by atoms with Gasteiger partial charge >= 0.3 is 0 Å². The molecule has 2 atom stereocenters. The van der Waals surface area contributed by atoms with Crippen molar-refractivity contribution in [3.8, 4) is 0 Å². The van der Waals surface area contributed by atoms with E-state index in [-0.39, 0.29) is 5.54 Å². The van der Waals surface area contributed by atoms with E-state index in [4.69, 9.17) is 0 Å². The van der Waals surface area contributed by atoms with Crippen molar-refractivity contribution in [1.29, 1.82) is 0 Å². The molecule has 2 fully saturated rings. The van der Waals surface area contributed by atoms with E-state index in [1.54, 1.807) is 0 Å². The fourth-order valence-electron chi connectivity index (χ4n) is 3.71. The maximum absolute atomic E-state index is 12.9. The van der Waals surface area contributed by atoms with Crippen LogP contribution >= 0.6 is 0 Å². The average Bonchev–Trinajstić information content (AvgIpc) is 2.46. The van der Waals surface area contributed by atoms with Crippen molar-refractivity contribution in [2.45, 2.75) is 58.0 Å². The van der Waals surface area contributed by atoms with E-state index < -0.39 is 0 Å². The van der Waals surface area contributed by atoms with Gasteiger partial charge in [0.25, 0.3) is 0 Å². The van der Waals surface area contributed by atoms with Crippen LogP contribution in [0.2, 0.25) is 0 Å². The summed E-state index contributed by atoms with van der Waals surface area (Å²) in [5.41, 5.74) is -0.377. The lowest BCUT2D eigenvalue weighted by atomic mass is 9.85. The highest BCUT2D eigenvalue weighted by atomic mass is 16.2. The molecule has 1 aliphatic heterocycles. The maximum Gasteiger partial charge on any atom is 0.242 e. The van der Waals surface area contributed by atoms with Gasteiger partial charge in [-0.15, -0.1) is 0 Å². The smallest absolute Gasteiger partial charge is 0.242 e. The summed E-state index contributed by atoms with van der Waals surface area (Å²) in [6.07, 6.45) is 4.92. The van der Waals surface area contributed by atoms with E-state index in [0.717, 1.165) is 32.1 Å². The molecule has 116 valence electrons. The van der Waals surface area contributed by atoms with Gasteiger partial charge in [0.05, 0.1) is 5.54 Å². The van der Waals surface area contributed by atoms with Crippen molar-refractivity contribution >= 4 is 5.91 Å². The maximum atomic E-state index is 12.9. The summed E-state index contributed by atoms with van der Waals surface area (Å²) in [5, 5.41) is 3.36. The first-order valence-electron chi connectivity index (χ1n) is 8.16. The number of hydrogen-bond donors (Lipinski definition) is 1. The Morgan fingerprint density at radius 2 is 1.90 bits per heavy atom. The second kappa shape index (κ2) is 6.44. The molecule has 4 heteroatoms. The second-order valence-corrected chi connectivity index (χ2v) is 7.14. The molecule has 1 saturated heterocycles. The van der Waals surface area contributed by atoms with Crippen molar-refractivity contribution in [2.24, 2.45) is 5.92 Å². The molecule has 0 radical (unpaired) electrons. The van der Waals surface area contributed by atoms with Crippen LogP contribution in [0.3, 0.4) is 0 Å². The summed E-state index contributed by atoms with van der Waals surface area (Å²) in [4.78, 5) is 17.3. The Bertz CT molecular complexity index is 337. The highest BCUT2D eigenvalue weighted by Gasteiger charge is 2.39. The number of amides is 1. The van der Waals surface area contributed by atoms with Crippen LogP contribution in [0.15, 0.2) is 0 Å². The largest absolute Gasteiger partial charge is 0.341 e. The van der Waals surface area contributed by atoms with Crippen LogP contribution in [0.25, 0.3) is 0 Å². The van der Waals surface area contributed by atoms with Crippen LogP contribution < -0.4 is 5.32 Å². The van der Waals surface area contributed by atoms with Crippen LogP contribution in [0.1, 0.15) is 46.5 Å². The highest BCUT2D eigenvalue weighted by Crippen LogP contribution is 2.29. The van der Waals surface area contributed by atoms with Crippen LogP contribution in [-0.2, 0) is 4.79 Å². The molecule has 1 saturated carbocycles. The first-order chi connectivity index (χ1) is 9.43. The van der Waals surface area contributed by atoms with Gasteiger partial charge < -0.3 is 10.2 Å². The Balaban J connectivity index is 2.00. The number of carbonyl (C=O) groups is 1. The molecule has 1 heterocycles. The van der Waals surface area contributed by atoms with Crippen molar-refractivity contribution in [2.75, 3.05) is 33.2 Å². The van der Waals surface area contributed by atoms with Crippen molar-refractivity contribution < 1.29 is 4.79 Å². The predicted molar refractivity (Wildman–Crippen MR) is 82.7 cm³/mol. The number of likely N-dealkylation sites (N-methyl/N-ethyl adjacent to an activating group) is 1. The minimum absolute atomic E-state index is 0.290. The first-order valence-corrected chi connectivity index (χ1v) is 8.16. The number of piperazine rings is 1. The summed E-state index contributed by atoms with van der Waals surface area (Å²) < 4.78 is 0. The number of carbonyl (C=O) groups excluding carboxylic acids is 1. The summed E-state index contributed by atoms with van der Waals surface area (Å²) in [7, 11) is 2.01. The van der Waals surface area contributed by atoms with Gasteiger partial charge in [-0.3, -0.25) is 9.69 Å². The zero-order valence-electron chi connectivity index (χ0n) is 13.6. The zero-order valence-corrected chi connectivity index (χ0v) is 13.6. The molecule has 0 spiro atoms. The Morgan fingerprint density at radius 1 is 1.25 bits per heavy atom. The van der Waals surface area contributed by atoms with E-state index >= 15 is 0 Å². The standard InChI is InChI=1S/C16H31N3O/c1-13-6-5-7-14(12-13)18(4)15(20)16(2,3)19-10-8-17-9-11-19/h13-14,17H,5-12H2,1-4H3. The molecule has 0 bridgehead atoms. The van der Waals surface area contributed by atoms with Crippen molar-refractivity contribution in [1.82, 2.24) is 15.1 Å². The predicted octanol–water partition coefficient (Wildman–Crippen LogP) is 1.71. The Hall–Kier alpha value is -0.610. The third-order valence-electron chi connectivity index (χ3n) is 5.21. The summed E-state index contributed by atoms with van der Waals surface area (Å²) in [6, 6.07) is 0.438. The van der Waals surface area contributed by atoms with Gasteiger partial charge in [0.2, 0.25) is 5.91 Å². The van der Waals surface area contributed by atoms with E-state index in [0.29, 0.717) is 11.9 Å². The van der Waals surface area contributed by atoms with Gasteiger partial charge in [0.1, 0.15) is 0 Å². The number of nitrogens with zero attached hydrogens (tertiary/aromatic N) is 2. The minimum atomic E-state index is -0.377. The fourth-order valence-corrected chi connectivity index (χ4v) is 3.71. The first kappa shape index (κ1) is 15.8. The van der Waals surface area contributed by atoms with Crippen LogP contribution in [0.5, 0.6) is 0 Å². The lowest BCUT2D eigenvalue weighted by Crippen LogP contribution is -2.61. The van der Waals surface area contributed by atoms with Gasteiger partial charge in [-0.2, -0.15) is 0 Å². The lowest BCUT2D eigenvalue weighted by molar-refractivity contribution is -0.144. The van der Waals surface area contributed by atoms with Gasteiger partial charge in [0.15, 0.2) is 0 Å². The fraction of sp³-hybridized carbons (Fsp3) is 0.938. The summed E-state index contributed by atoms with van der Waals surface area (Å²) in [5.74, 6) is 1.05. The monoisotopic (exact) mass is 281 g/mol. The lowest BCUT2D eigenvalue weighted by Gasteiger charge is -2.44. The molecular weight excluding hydrogens is 250 g/mol. The molecule has 0 aromatic rings. The molecular formula is C16H31N3O. The van der Waals surface area contributed by atoms with Gasteiger partial charge in [-0.1, -0.05) is 19.8 Å². The van der Waals surface area contributed by atoms with Gasteiger partial charge in [0, 0.05) is 39.3 Å². The quantitative estimate of drug-likeness (QED) is 0.855. The topological polar surface area (TPSA) is 35.6 Å². The molecule has 1 amide bonds. The molecule has 0 aromatic carbocycles. The van der Waals surface area contributed by atoms with E-state index in [9.17, 15) is 4.79 Å². The minimum Gasteiger partial charge on any atom is -0.341 e. The normalized spacial score (nSPS) is 29.2. The molecule has 0 aromatic heterocycles. The highest BCUT2D eigenvalue weighted by molar-refractivity contribution is 5.85. The third-order valence-corrected chi connectivity index (χ3v) is 5.21. The van der Waals surface area contributed by atoms with Crippen molar-refractivity contribution in [3.05, 3.63) is 0 Å². The molecule has 4 nitrogen and oxygen atoms in total. The van der Waals surface area contributed by atoms with Gasteiger partial charge in [-0.25, -0.2) is 0 Å². The number of rotatable bonds is 3. The summed E-state index contributed by atoms with van der Waals surface area (Å²) in [6.45, 7) is 10.4. The molecule has 20 heavy (non-hydrogen) atoms. The number of hydrogen-bond acceptors (Lipinski definition) is 3. The van der Waals surface area contributed by atoms with Crippen LogP contribution in [0.4, 0.5) is 0 Å².